The van der Waals surface area contributed by atoms with Gasteiger partial charge in [-0.1, -0.05) is 30.3 Å². The van der Waals surface area contributed by atoms with Crippen molar-refractivity contribution in [3.63, 3.8) is 0 Å². The van der Waals surface area contributed by atoms with E-state index in [0.29, 0.717) is 6.54 Å². The molecule has 0 spiro atoms. The van der Waals surface area contributed by atoms with Crippen LogP contribution in [0.1, 0.15) is 12.5 Å². The lowest BCUT2D eigenvalue weighted by atomic mass is 10.1. The Balaban J connectivity index is 2.40. The normalized spacial score (nSPS) is 12.7. The smallest absolute Gasteiger partial charge is 0.0691 e. The summed E-state index contributed by atoms with van der Waals surface area (Å²) in [6, 6.07) is 12.4. The van der Waals surface area contributed by atoms with Crippen LogP contribution in [0.15, 0.2) is 42.6 Å². The van der Waals surface area contributed by atoms with Crippen LogP contribution < -0.4 is 0 Å². The van der Waals surface area contributed by atoms with Crippen molar-refractivity contribution in [2.24, 2.45) is 0 Å². The van der Waals surface area contributed by atoms with E-state index in [1.807, 2.05) is 25.1 Å². The fourth-order valence-corrected chi connectivity index (χ4v) is 1.94. The van der Waals surface area contributed by atoms with E-state index in [2.05, 4.69) is 35.9 Å². The fourth-order valence-electron chi connectivity index (χ4n) is 1.94. The van der Waals surface area contributed by atoms with Gasteiger partial charge in [0, 0.05) is 18.4 Å². The molecule has 1 unspecified atom stereocenters. The predicted molar refractivity (Wildman–Crippen MR) is 66.3 cm³/mol. The second-order valence-electron chi connectivity index (χ2n) is 4.27. The molecule has 0 aliphatic rings. The van der Waals surface area contributed by atoms with Crippen LogP contribution in [-0.2, 0) is 6.54 Å². The Morgan fingerprint density at radius 2 is 1.94 bits per heavy atom. The number of hydrogen-bond donors (Lipinski definition) is 1. The average molecular weight is 215 g/mol. The monoisotopic (exact) mass is 215 g/mol. The van der Waals surface area contributed by atoms with Crippen molar-refractivity contribution in [2.45, 2.75) is 26.5 Å². The average Bonchev–Trinajstić information content (AvgIpc) is 2.60. The van der Waals surface area contributed by atoms with Crippen LogP contribution in [0, 0.1) is 6.92 Å². The minimum atomic E-state index is -0.325. The number of aryl methyl sites for hydroxylation is 1. The predicted octanol–water partition coefficient (Wildman–Crippen LogP) is 2.84. The van der Waals surface area contributed by atoms with Gasteiger partial charge in [-0.3, -0.25) is 0 Å². The lowest BCUT2D eigenvalue weighted by molar-refractivity contribution is 0.174. The van der Waals surface area contributed by atoms with Crippen molar-refractivity contribution in [1.29, 1.82) is 0 Å². The van der Waals surface area contributed by atoms with Gasteiger partial charge in [0.2, 0.25) is 0 Å². The van der Waals surface area contributed by atoms with Crippen molar-refractivity contribution in [3.05, 3.63) is 48.2 Å². The highest BCUT2D eigenvalue weighted by Crippen LogP contribution is 2.22. The molecule has 1 aromatic heterocycles. The van der Waals surface area contributed by atoms with Gasteiger partial charge in [0.25, 0.3) is 0 Å². The summed E-state index contributed by atoms with van der Waals surface area (Å²) in [5.41, 5.74) is 3.58. The molecular weight excluding hydrogens is 198 g/mol. The highest BCUT2D eigenvalue weighted by atomic mass is 16.3. The maximum Gasteiger partial charge on any atom is 0.0691 e. The Kier molecular flexibility index (Phi) is 3.11. The summed E-state index contributed by atoms with van der Waals surface area (Å²) in [4.78, 5) is 0. The molecule has 2 rings (SSSR count). The van der Waals surface area contributed by atoms with Gasteiger partial charge in [-0.15, -0.1) is 0 Å². The Morgan fingerprint density at radius 3 is 2.56 bits per heavy atom. The lowest BCUT2D eigenvalue weighted by Gasteiger charge is -2.10. The van der Waals surface area contributed by atoms with E-state index < -0.39 is 0 Å². The van der Waals surface area contributed by atoms with Crippen LogP contribution >= 0.6 is 0 Å². The molecule has 2 heteroatoms. The van der Waals surface area contributed by atoms with Crippen molar-refractivity contribution in [1.82, 2.24) is 4.57 Å². The van der Waals surface area contributed by atoms with Crippen LogP contribution in [-0.4, -0.2) is 15.8 Å². The largest absolute Gasteiger partial charge is 0.392 e. The number of hydrogen-bond acceptors (Lipinski definition) is 1. The van der Waals surface area contributed by atoms with E-state index in [4.69, 9.17) is 0 Å². The number of aromatic nitrogens is 1. The minimum absolute atomic E-state index is 0.325. The Labute approximate surface area is 96.2 Å². The van der Waals surface area contributed by atoms with Crippen LogP contribution in [0.4, 0.5) is 0 Å². The molecule has 0 saturated carbocycles. The first kappa shape index (κ1) is 11.0. The number of aliphatic hydroxyl groups excluding tert-OH is 1. The fraction of sp³-hybridized carbons (Fsp3) is 0.286. The van der Waals surface area contributed by atoms with E-state index in [1.165, 1.54) is 16.8 Å². The lowest BCUT2D eigenvalue weighted by Crippen LogP contribution is -2.11. The molecule has 1 N–H and O–H groups in total. The summed E-state index contributed by atoms with van der Waals surface area (Å²) in [5.74, 6) is 0. The third-order valence-corrected chi connectivity index (χ3v) is 2.56. The number of aliphatic hydroxyl groups is 1. The topological polar surface area (TPSA) is 25.2 Å². The van der Waals surface area contributed by atoms with E-state index in [9.17, 15) is 5.11 Å². The molecule has 2 aromatic rings. The van der Waals surface area contributed by atoms with Gasteiger partial charge in [-0.25, -0.2) is 0 Å². The second-order valence-corrected chi connectivity index (χ2v) is 4.27. The SMILES string of the molecule is Cc1cc(-c2ccccc2)n(CC(C)O)c1. The molecule has 2 nitrogen and oxygen atoms in total. The molecule has 0 fully saturated rings. The van der Waals surface area contributed by atoms with Crippen molar-refractivity contribution in [3.8, 4) is 11.3 Å². The van der Waals surface area contributed by atoms with Crippen LogP contribution in [0.2, 0.25) is 0 Å². The maximum absolute atomic E-state index is 9.47. The zero-order chi connectivity index (χ0) is 11.5. The summed E-state index contributed by atoms with van der Waals surface area (Å²) >= 11 is 0. The van der Waals surface area contributed by atoms with E-state index >= 15 is 0 Å². The first-order valence-electron chi connectivity index (χ1n) is 5.57. The first-order valence-corrected chi connectivity index (χ1v) is 5.57. The summed E-state index contributed by atoms with van der Waals surface area (Å²) in [6.45, 7) is 4.52. The van der Waals surface area contributed by atoms with Gasteiger partial charge < -0.3 is 9.67 Å². The third kappa shape index (κ3) is 2.34. The Morgan fingerprint density at radius 1 is 1.25 bits per heavy atom. The second kappa shape index (κ2) is 4.54. The van der Waals surface area contributed by atoms with Gasteiger partial charge >= 0.3 is 0 Å². The molecule has 0 saturated heterocycles. The molecule has 1 atom stereocenters. The van der Waals surface area contributed by atoms with E-state index in [-0.39, 0.29) is 6.10 Å². The Hall–Kier alpha value is -1.54. The zero-order valence-corrected chi connectivity index (χ0v) is 9.72. The summed E-state index contributed by atoms with van der Waals surface area (Å²) in [5, 5.41) is 9.47. The van der Waals surface area contributed by atoms with Crippen molar-refractivity contribution < 1.29 is 5.11 Å². The highest BCUT2D eigenvalue weighted by Gasteiger charge is 2.07. The Bertz CT molecular complexity index is 457. The molecule has 16 heavy (non-hydrogen) atoms. The maximum atomic E-state index is 9.47. The number of rotatable bonds is 3. The van der Waals surface area contributed by atoms with Gasteiger partial charge in [0.15, 0.2) is 0 Å². The van der Waals surface area contributed by atoms with Gasteiger partial charge in [-0.2, -0.15) is 0 Å². The number of nitrogens with zero attached hydrogens (tertiary/aromatic N) is 1. The van der Waals surface area contributed by atoms with E-state index in [0.717, 1.165) is 0 Å². The van der Waals surface area contributed by atoms with Crippen molar-refractivity contribution in [2.75, 3.05) is 0 Å². The molecule has 0 bridgehead atoms. The molecule has 84 valence electrons. The van der Waals surface area contributed by atoms with Gasteiger partial charge in [0.05, 0.1) is 6.10 Å². The molecule has 0 aliphatic heterocycles. The van der Waals surface area contributed by atoms with Crippen molar-refractivity contribution >= 4 is 0 Å². The molecular formula is C14H17NO. The molecule has 0 aliphatic carbocycles. The molecule has 0 amide bonds. The first-order chi connectivity index (χ1) is 7.66. The highest BCUT2D eigenvalue weighted by molar-refractivity contribution is 5.61. The standard InChI is InChI=1S/C14H17NO/c1-11-8-14(13-6-4-3-5-7-13)15(9-11)10-12(2)16/h3-9,12,16H,10H2,1-2H3. The van der Waals surface area contributed by atoms with Crippen LogP contribution in [0.5, 0.6) is 0 Å². The van der Waals surface area contributed by atoms with Gasteiger partial charge in [0.1, 0.15) is 0 Å². The summed E-state index contributed by atoms with van der Waals surface area (Å²) in [7, 11) is 0. The summed E-state index contributed by atoms with van der Waals surface area (Å²) in [6.07, 6.45) is 1.75. The summed E-state index contributed by atoms with van der Waals surface area (Å²) < 4.78 is 2.11. The third-order valence-electron chi connectivity index (χ3n) is 2.56. The van der Waals surface area contributed by atoms with E-state index in [1.54, 1.807) is 0 Å². The van der Waals surface area contributed by atoms with Crippen LogP contribution in [0.3, 0.4) is 0 Å². The minimum Gasteiger partial charge on any atom is -0.392 e. The van der Waals surface area contributed by atoms with Crippen LogP contribution in [0.25, 0.3) is 11.3 Å². The zero-order valence-electron chi connectivity index (χ0n) is 9.72. The quantitative estimate of drug-likeness (QED) is 0.836. The molecule has 0 radical (unpaired) electrons. The molecule has 1 aromatic carbocycles. The molecule has 1 heterocycles. The van der Waals surface area contributed by atoms with Gasteiger partial charge in [-0.05, 0) is 31.0 Å². The number of benzene rings is 1.